The molecule has 0 atom stereocenters. The van der Waals surface area contributed by atoms with E-state index in [1.807, 2.05) is 38.3 Å². The van der Waals surface area contributed by atoms with Gasteiger partial charge in [-0.05, 0) is 43.3 Å². The van der Waals surface area contributed by atoms with E-state index in [1.165, 1.54) is 11.8 Å². The van der Waals surface area contributed by atoms with Gasteiger partial charge in [-0.2, -0.15) is 5.26 Å². The van der Waals surface area contributed by atoms with Crippen LogP contribution in [0.4, 0.5) is 0 Å². The Morgan fingerprint density at radius 1 is 1.26 bits per heavy atom. The molecule has 5 nitrogen and oxygen atoms in total. The van der Waals surface area contributed by atoms with Gasteiger partial charge in [0.25, 0.3) is 5.89 Å². The van der Waals surface area contributed by atoms with E-state index in [4.69, 9.17) is 4.42 Å². The van der Waals surface area contributed by atoms with Gasteiger partial charge in [-0.15, -0.1) is 21.5 Å². The van der Waals surface area contributed by atoms with E-state index < -0.39 is 0 Å². The SMILES string of the molecule is Cc1nc(SCc2nnc(-c3cccs3)o2)c(C#N)c(C)c1C. The summed E-state index contributed by atoms with van der Waals surface area (Å²) < 4.78 is 5.66. The van der Waals surface area contributed by atoms with Gasteiger partial charge in [0.05, 0.1) is 16.2 Å². The van der Waals surface area contributed by atoms with E-state index in [1.54, 1.807) is 11.3 Å². The topological polar surface area (TPSA) is 75.6 Å². The highest BCUT2D eigenvalue weighted by Crippen LogP contribution is 2.30. The molecule has 0 fully saturated rings. The van der Waals surface area contributed by atoms with Crippen LogP contribution in [0.25, 0.3) is 10.8 Å². The molecule has 23 heavy (non-hydrogen) atoms. The van der Waals surface area contributed by atoms with E-state index in [0.717, 1.165) is 21.7 Å². The molecule has 3 aromatic heterocycles. The highest BCUT2D eigenvalue weighted by molar-refractivity contribution is 7.98. The highest BCUT2D eigenvalue weighted by Gasteiger charge is 2.15. The molecule has 0 bridgehead atoms. The van der Waals surface area contributed by atoms with Crippen molar-refractivity contribution in [2.45, 2.75) is 31.6 Å². The maximum Gasteiger partial charge on any atom is 0.257 e. The van der Waals surface area contributed by atoms with Crippen molar-refractivity contribution in [3.63, 3.8) is 0 Å². The van der Waals surface area contributed by atoms with Crippen LogP contribution >= 0.6 is 23.1 Å². The van der Waals surface area contributed by atoms with Gasteiger partial charge in [0.1, 0.15) is 11.1 Å². The maximum atomic E-state index is 9.39. The van der Waals surface area contributed by atoms with Crippen molar-refractivity contribution in [1.29, 1.82) is 5.26 Å². The quantitative estimate of drug-likeness (QED) is 0.659. The molecule has 0 aliphatic heterocycles. The first kappa shape index (κ1) is 15.7. The summed E-state index contributed by atoms with van der Waals surface area (Å²) in [7, 11) is 0. The Kier molecular flexibility index (Phi) is 4.46. The first-order valence-electron chi connectivity index (χ1n) is 6.97. The Labute approximate surface area is 142 Å². The van der Waals surface area contributed by atoms with Crippen molar-refractivity contribution in [2.24, 2.45) is 0 Å². The van der Waals surface area contributed by atoms with Crippen molar-refractivity contribution < 1.29 is 4.42 Å². The van der Waals surface area contributed by atoms with Crippen LogP contribution in [-0.4, -0.2) is 15.2 Å². The second-order valence-electron chi connectivity index (χ2n) is 5.01. The third kappa shape index (κ3) is 3.14. The first-order chi connectivity index (χ1) is 11.1. The predicted octanol–water partition coefficient (Wildman–Crippen LogP) is 4.28. The van der Waals surface area contributed by atoms with E-state index >= 15 is 0 Å². The summed E-state index contributed by atoms with van der Waals surface area (Å²) >= 11 is 3.00. The van der Waals surface area contributed by atoms with E-state index in [9.17, 15) is 5.26 Å². The molecule has 0 saturated carbocycles. The number of rotatable bonds is 4. The zero-order valence-electron chi connectivity index (χ0n) is 13.0. The zero-order chi connectivity index (χ0) is 16.4. The smallest absolute Gasteiger partial charge is 0.257 e. The van der Waals surface area contributed by atoms with Crippen molar-refractivity contribution >= 4 is 23.1 Å². The van der Waals surface area contributed by atoms with Gasteiger partial charge < -0.3 is 4.42 Å². The molecule has 0 aliphatic rings. The van der Waals surface area contributed by atoms with Gasteiger partial charge in [-0.1, -0.05) is 17.8 Å². The van der Waals surface area contributed by atoms with E-state index in [-0.39, 0.29) is 0 Å². The minimum atomic E-state index is 0.488. The lowest BCUT2D eigenvalue weighted by atomic mass is 10.1. The molecule has 0 aromatic carbocycles. The largest absolute Gasteiger partial charge is 0.419 e. The average molecular weight is 342 g/mol. The number of thioether (sulfide) groups is 1. The summed E-state index contributed by atoms with van der Waals surface area (Å²) in [5.41, 5.74) is 3.60. The maximum absolute atomic E-state index is 9.39. The number of hydrogen-bond acceptors (Lipinski definition) is 7. The molecule has 3 aromatic rings. The predicted molar refractivity (Wildman–Crippen MR) is 90.3 cm³/mol. The molecule has 116 valence electrons. The summed E-state index contributed by atoms with van der Waals surface area (Å²) in [4.78, 5) is 5.48. The summed E-state index contributed by atoms with van der Waals surface area (Å²) in [6, 6.07) is 6.13. The van der Waals surface area contributed by atoms with Crippen LogP contribution in [0.15, 0.2) is 27.0 Å². The number of aryl methyl sites for hydroxylation is 1. The van der Waals surface area contributed by atoms with Gasteiger partial charge >= 0.3 is 0 Å². The van der Waals surface area contributed by atoms with Crippen molar-refractivity contribution in [2.75, 3.05) is 0 Å². The number of pyridine rings is 1. The Bertz CT molecular complexity index is 878. The van der Waals surface area contributed by atoms with E-state index in [2.05, 4.69) is 21.3 Å². The minimum absolute atomic E-state index is 0.488. The monoisotopic (exact) mass is 342 g/mol. The van der Waals surface area contributed by atoms with Crippen LogP contribution in [0.3, 0.4) is 0 Å². The van der Waals surface area contributed by atoms with Gasteiger partial charge in [0.15, 0.2) is 0 Å². The van der Waals surface area contributed by atoms with Gasteiger partial charge in [0.2, 0.25) is 5.89 Å². The van der Waals surface area contributed by atoms with Gasteiger partial charge in [0, 0.05) is 5.69 Å². The van der Waals surface area contributed by atoms with Crippen molar-refractivity contribution in [3.05, 3.63) is 45.8 Å². The van der Waals surface area contributed by atoms with Crippen LogP contribution in [-0.2, 0) is 5.75 Å². The molecule has 0 saturated heterocycles. The molecule has 3 rings (SSSR count). The summed E-state index contributed by atoms with van der Waals surface area (Å²) in [5.74, 6) is 1.54. The molecule has 3 heterocycles. The Morgan fingerprint density at radius 3 is 2.78 bits per heavy atom. The van der Waals surface area contributed by atoms with E-state index in [0.29, 0.717) is 28.1 Å². The fourth-order valence-electron chi connectivity index (χ4n) is 2.09. The van der Waals surface area contributed by atoms with Crippen LogP contribution in [0.5, 0.6) is 0 Å². The highest BCUT2D eigenvalue weighted by atomic mass is 32.2. The Morgan fingerprint density at radius 2 is 2.09 bits per heavy atom. The lowest BCUT2D eigenvalue weighted by Gasteiger charge is -2.10. The van der Waals surface area contributed by atoms with Gasteiger partial charge in [-0.3, -0.25) is 0 Å². The normalized spacial score (nSPS) is 10.7. The second-order valence-corrected chi connectivity index (χ2v) is 6.92. The molecule has 0 N–H and O–H groups in total. The molecule has 0 radical (unpaired) electrons. The molecule has 0 aliphatic carbocycles. The fourth-order valence-corrected chi connectivity index (χ4v) is 3.65. The standard InChI is InChI=1S/C16H14N4OS2/c1-9-10(2)12(7-17)16(18-11(9)3)23-8-14-19-20-15(21-14)13-5-4-6-22-13/h4-6H,8H2,1-3H3. The molecular weight excluding hydrogens is 328 g/mol. The average Bonchev–Trinajstić information content (AvgIpc) is 3.21. The molecule has 0 spiro atoms. The molecule has 7 heteroatoms. The number of aromatic nitrogens is 3. The fraction of sp³-hybridized carbons (Fsp3) is 0.250. The Balaban J connectivity index is 1.80. The van der Waals surface area contributed by atoms with Crippen molar-refractivity contribution in [3.8, 4) is 16.8 Å². The lowest BCUT2D eigenvalue weighted by Crippen LogP contribution is -1.99. The molecule has 0 amide bonds. The van der Waals surface area contributed by atoms with Crippen LogP contribution < -0.4 is 0 Å². The van der Waals surface area contributed by atoms with Crippen LogP contribution in [0, 0.1) is 32.1 Å². The minimum Gasteiger partial charge on any atom is -0.419 e. The Hall–Kier alpha value is -2.17. The number of thiophene rings is 1. The van der Waals surface area contributed by atoms with Crippen molar-refractivity contribution in [1.82, 2.24) is 15.2 Å². The lowest BCUT2D eigenvalue weighted by molar-refractivity contribution is 0.529. The second kappa shape index (κ2) is 6.52. The summed E-state index contributed by atoms with van der Waals surface area (Å²) in [6.45, 7) is 5.89. The van der Waals surface area contributed by atoms with Gasteiger partial charge in [-0.25, -0.2) is 4.98 Å². The summed E-state index contributed by atoms with van der Waals surface area (Å²) in [6.07, 6.45) is 0. The van der Waals surface area contributed by atoms with Crippen LogP contribution in [0.1, 0.15) is 28.3 Å². The third-order valence-corrected chi connectivity index (χ3v) is 5.42. The first-order valence-corrected chi connectivity index (χ1v) is 8.83. The zero-order valence-corrected chi connectivity index (χ0v) is 14.6. The third-order valence-electron chi connectivity index (χ3n) is 3.61. The number of nitriles is 1. The molecular formula is C16H14N4OS2. The van der Waals surface area contributed by atoms with Crippen LogP contribution in [0.2, 0.25) is 0 Å². The molecule has 0 unspecified atom stereocenters. The number of nitrogens with zero attached hydrogens (tertiary/aromatic N) is 4. The summed E-state index contributed by atoms with van der Waals surface area (Å²) in [5, 5.41) is 20.2. The number of hydrogen-bond donors (Lipinski definition) is 0.